The molecule has 0 heterocycles. The summed E-state index contributed by atoms with van der Waals surface area (Å²) in [6.07, 6.45) is 0. The Morgan fingerprint density at radius 1 is 1.46 bits per heavy atom. The van der Waals surface area contributed by atoms with Crippen LogP contribution in [0.4, 0.5) is 0 Å². The van der Waals surface area contributed by atoms with Crippen LogP contribution in [0.1, 0.15) is 29.8 Å². The van der Waals surface area contributed by atoms with E-state index in [9.17, 15) is 4.79 Å². The van der Waals surface area contributed by atoms with Gasteiger partial charge >= 0.3 is 5.97 Å². The highest BCUT2D eigenvalue weighted by Crippen LogP contribution is 2.17. The summed E-state index contributed by atoms with van der Waals surface area (Å²) in [7, 11) is 0. The summed E-state index contributed by atoms with van der Waals surface area (Å²) in [5, 5.41) is 8.73. The molecule has 0 saturated heterocycles. The van der Waals surface area contributed by atoms with Crippen LogP contribution in [-0.2, 0) is 5.54 Å². The number of aromatic carboxylic acids is 1. The molecule has 0 aromatic heterocycles. The van der Waals surface area contributed by atoms with Gasteiger partial charge in [0.05, 0.1) is 5.56 Å². The molecule has 1 aromatic carbocycles. The second kappa shape index (κ2) is 3.18. The zero-order chi connectivity index (χ0) is 10.1. The third-order valence-electron chi connectivity index (χ3n) is 1.85. The van der Waals surface area contributed by atoms with Crippen molar-refractivity contribution in [2.45, 2.75) is 19.4 Å². The van der Waals surface area contributed by atoms with Gasteiger partial charge in [0.25, 0.3) is 0 Å². The number of carbonyl (C=O) groups is 1. The molecule has 3 heteroatoms. The fourth-order valence-corrected chi connectivity index (χ4v) is 1.05. The molecule has 3 nitrogen and oxygen atoms in total. The smallest absolute Gasteiger partial charge is 0.335 e. The van der Waals surface area contributed by atoms with E-state index in [0.717, 1.165) is 5.56 Å². The Morgan fingerprint density at radius 2 is 2.08 bits per heavy atom. The standard InChI is InChI=1S/C10H13NO2/c1-10(2,11)8-5-3-4-7(6-8)9(12)13/h3-6H,11H2,1-2H3,(H,12,13). The highest BCUT2D eigenvalue weighted by atomic mass is 16.4. The second-order valence-corrected chi connectivity index (χ2v) is 3.61. The molecule has 0 atom stereocenters. The molecule has 0 aliphatic rings. The second-order valence-electron chi connectivity index (χ2n) is 3.61. The van der Waals surface area contributed by atoms with Gasteiger partial charge < -0.3 is 10.8 Å². The van der Waals surface area contributed by atoms with E-state index in [1.165, 1.54) is 0 Å². The Balaban J connectivity index is 3.13. The number of carboxylic acid groups (broad SMARTS) is 1. The molecule has 13 heavy (non-hydrogen) atoms. The molecule has 0 aliphatic heterocycles. The van der Waals surface area contributed by atoms with E-state index in [-0.39, 0.29) is 5.56 Å². The van der Waals surface area contributed by atoms with E-state index in [1.807, 2.05) is 19.9 Å². The first-order chi connectivity index (χ1) is 5.91. The zero-order valence-electron chi connectivity index (χ0n) is 7.74. The summed E-state index contributed by atoms with van der Waals surface area (Å²) in [6.45, 7) is 3.68. The molecule has 0 unspecified atom stereocenters. The van der Waals surface area contributed by atoms with Crippen molar-refractivity contribution in [3.63, 3.8) is 0 Å². The van der Waals surface area contributed by atoms with Crippen molar-refractivity contribution in [3.8, 4) is 0 Å². The predicted octanol–water partition coefficient (Wildman–Crippen LogP) is 1.58. The van der Waals surface area contributed by atoms with Gasteiger partial charge in [-0.1, -0.05) is 12.1 Å². The molecule has 3 N–H and O–H groups in total. The van der Waals surface area contributed by atoms with Crippen LogP contribution in [0.3, 0.4) is 0 Å². The lowest BCUT2D eigenvalue weighted by atomic mass is 9.94. The lowest BCUT2D eigenvalue weighted by molar-refractivity contribution is 0.0696. The Kier molecular flexibility index (Phi) is 2.38. The molecule has 0 saturated carbocycles. The van der Waals surface area contributed by atoms with Crippen LogP contribution < -0.4 is 5.73 Å². The number of hydrogen-bond donors (Lipinski definition) is 2. The highest BCUT2D eigenvalue weighted by molar-refractivity contribution is 5.87. The minimum absolute atomic E-state index is 0.274. The quantitative estimate of drug-likeness (QED) is 0.724. The van der Waals surface area contributed by atoms with Crippen molar-refractivity contribution in [1.29, 1.82) is 0 Å². The summed E-state index contributed by atoms with van der Waals surface area (Å²) >= 11 is 0. The molecule has 1 rings (SSSR count). The Bertz CT molecular complexity index is 326. The van der Waals surface area contributed by atoms with Crippen molar-refractivity contribution in [2.24, 2.45) is 5.73 Å². The maximum absolute atomic E-state index is 10.6. The SMILES string of the molecule is CC(C)(N)c1cccc(C(=O)O)c1. The molecule has 0 amide bonds. The van der Waals surface area contributed by atoms with E-state index in [4.69, 9.17) is 10.8 Å². The third kappa shape index (κ3) is 2.29. The maximum Gasteiger partial charge on any atom is 0.335 e. The van der Waals surface area contributed by atoms with E-state index in [1.54, 1.807) is 18.2 Å². The number of carboxylic acids is 1. The molecule has 1 aromatic rings. The number of nitrogens with two attached hydrogens (primary N) is 1. The topological polar surface area (TPSA) is 63.3 Å². The Hall–Kier alpha value is -1.35. The predicted molar refractivity (Wildman–Crippen MR) is 50.6 cm³/mol. The summed E-state index contributed by atoms with van der Waals surface area (Å²) in [4.78, 5) is 10.6. The van der Waals surface area contributed by atoms with Gasteiger partial charge in [0.15, 0.2) is 0 Å². The summed E-state index contributed by atoms with van der Waals surface area (Å²) in [6, 6.07) is 6.68. The maximum atomic E-state index is 10.6. The first-order valence-corrected chi connectivity index (χ1v) is 4.04. The van der Waals surface area contributed by atoms with Gasteiger partial charge in [0, 0.05) is 5.54 Å². The number of rotatable bonds is 2. The average molecular weight is 179 g/mol. The van der Waals surface area contributed by atoms with E-state index < -0.39 is 11.5 Å². The monoisotopic (exact) mass is 179 g/mol. The van der Waals surface area contributed by atoms with Gasteiger partial charge in [-0.25, -0.2) is 4.79 Å². The number of benzene rings is 1. The van der Waals surface area contributed by atoms with E-state index >= 15 is 0 Å². The van der Waals surface area contributed by atoms with Crippen LogP contribution in [0.2, 0.25) is 0 Å². The molecule has 0 bridgehead atoms. The van der Waals surface area contributed by atoms with Gasteiger partial charge in [-0.15, -0.1) is 0 Å². The molecule has 0 radical (unpaired) electrons. The molecule has 0 spiro atoms. The third-order valence-corrected chi connectivity index (χ3v) is 1.85. The van der Waals surface area contributed by atoms with Gasteiger partial charge in [-0.2, -0.15) is 0 Å². The van der Waals surface area contributed by atoms with Gasteiger partial charge in [-0.05, 0) is 31.5 Å². The lowest BCUT2D eigenvalue weighted by Gasteiger charge is -2.19. The van der Waals surface area contributed by atoms with Crippen molar-refractivity contribution in [1.82, 2.24) is 0 Å². The lowest BCUT2D eigenvalue weighted by Crippen LogP contribution is -2.28. The van der Waals surface area contributed by atoms with Crippen LogP contribution in [0, 0.1) is 0 Å². The average Bonchev–Trinajstić information content (AvgIpc) is 2.03. The fraction of sp³-hybridized carbons (Fsp3) is 0.300. The Labute approximate surface area is 77.2 Å². The van der Waals surface area contributed by atoms with Crippen molar-refractivity contribution in [3.05, 3.63) is 35.4 Å². The van der Waals surface area contributed by atoms with E-state index in [0.29, 0.717) is 0 Å². The van der Waals surface area contributed by atoms with Crippen LogP contribution in [-0.4, -0.2) is 11.1 Å². The van der Waals surface area contributed by atoms with Gasteiger partial charge in [-0.3, -0.25) is 0 Å². The summed E-state index contributed by atoms with van der Waals surface area (Å²) < 4.78 is 0. The van der Waals surface area contributed by atoms with Crippen molar-refractivity contribution in [2.75, 3.05) is 0 Å². The highest BCUT2D eigenvalue weighted by Gasteiger charge is 2.15. The van der Waals surface area contributed by atoms with E-state index in [2.05, 4.69) is 0 Å². The normalized spacial score (nSPS) is 11.3. The number of hydrogen-bond acceptors (Lipinski definition) is 2. The van der Waals surface area contributed by atoms with Crippen LogP contribution in [0.15, 0.2) is 24.3 Å². The summed E-state index contributed by atoms with van der Waals surface area (Å²) in [5.74, 6) is -0.925. The summed E-state index contributed by atoms with van der Waals surface area (Å²) in [5.41, 5.74) is 6.44. The molecule has 0 fully saturated rings. The van der Waals surface area contributed by atoms with Crippen molar-refractivity contribution >= 4 is 5.97 Å². The fourth-order valence-electron chi connectivity index (χ4n) is 1.05. The van der Waals surface area contributed by atoms with Crippen LogP contribution >= 0.6 is 0 Å². The van der Waals surface area contributed by atoms with Crippen LogP contribution in [0.25, 0.3) is 0 Å². The molecule has 0 aliphatic carbocycles. The largest absolute Gasteiger partial charge is 0.478 e. The first kappa shape index (κ1) is 9.74. The van der Waals surface area contributed by atoms with Gasteiger partial charge in [0.1, 0.15) is 0 Å². The molecular weight excluding hydrogens is 166 g/mol. The van der Waals surface area contributed by atoms with Crippen molar-refractivity contribution < 1.29 is 9.90 Å². The molecule has 70 valence electrons. The van der Waals surface area contributed by atoms with Crippen LogP contribution in [0.5, 0.6) is 0 Å². The Morgan fingerprint density at radius 3 is 2.54 bits per heavy atom. The zero-order valence-corrected chi connectivity index (χ0v) is 7.74. The van der Waals surface area contributed by atoms with Gasteiger partial charge in [0.2, 0.25) is 0 Å². The first-order valence-electron chi connectivity index (χ1n) is 4.04. The minimum Gasteiger partial charge on any atom is -0.478 e. The molecular formula is C10H13NO2. The minimum atomic E-state index is -0.925.